The number of carbonyl (C=O) groups is 1. The summed E-state index contributed by atoms with van der Waals surface area (Å²) >= 11 is 0. The molecule has 4 rings (SSSR count). The van der Waals surface area contributed by atoms with Crippen LogP contribution < -0.4 is 5.32 Å². The lowest BCUT2D eigenvalue weighted by Crippen LogP contribution is -2.61. The zero-order chi connectivity index (χ0) is 13.0. The highest BCUT2D eigenvalue weighted by Crippen LogP contribution is 2.56. The lowest BCUT2D eigenvalue weighted by molar-refractivity contribution is -0.136. The number of Topliss-reactive ketones (excluding diaryl/α,β-unsaturated/α-hetero) is 1. The molecule has 0 radical (unpaired) electrons. The Morgan fingerprint density at radius 1 is 1.42 bits per heavy atom. The summed E-state index contributed by atoms with van der Waals surface area (Å²) in [6, 6.07) is 0.401. The second-order valence-electron chi connectivity index (χ2n) is 6.50. The minimum absolute atomic E-state index is 0.264. The summed E-state index contributed by atoms with van der Waals surface area (Å²) in [6.45, 7) is 0.938. The number of piperidine rings is 1. The molecule has 1 saturated heterocycles. The molecule has 0 aromatic heterocycles. The van der Waals surface area contributed by atoms with E-state index in [0.29, 0.717) is 24.2 Å². The number of rotatable bonds is 0. The van der Waals surface area contributed by atoms with E-state index < -0.39 is 0 Å². The molecule has 1 unspecified atom stereocenters. The summed E-state index contributed by atoms with van der Waals surface area (Å²) in [5.41, 5.74) is 2.07. The molecule has 102 valence electrons. The normalized spacial score (nSPS) is 44.9. The van der Waals surface area contributed by atoms with Crippen LogP contribution in [-0.2, 0) is 4.79 Å². The molecule has 19 heavy (non-hydrogen) atoms. The second kappa shape index (κ2) is 4.03. The van der Waals surface area contributed by atoms with Gasteiger partial charge >= 0.3 is 0 Å². The van der Waals surface area contributed by atoms with Crippen LogP contribution in [0, 0.1) is 11.3 Å². The zero-order valence-corrected chi connectivity index (χ0v) is 11.2. The summed E-state index contributed by atoms with van der Waals surface area (Å²) in [4.78, 5) is 12.7. The molecule has 3 nitrogen and oxygen atoms in total. The molecule has 2 N–H and O–H groups in total. The number of ketones is 1. The average Bonchev–Trinajstić information content (AvgIpc) is 2.40. The van der Waals surface area contributed by atoms with E-state index >= 15 is 0 Å². The lowest BCUT2D eigenvalue weighted by Gasteiger charge is -2.55. The van der Waals surface area contributed by atoms with E-state index in [-0.39, 0.29) is 11.5 Å². The highest BCUT2D eigenvalue weighted by Gasteiger charge is 2.57. The van der Waals surface area contributed by atoms with Crippen molar-refractivity contribution >= 4 is 5.78 Å². The van der Waals surface area contributed by atoms with Gasteiger partial charge < -0.3 is 10.4 Å². The van der Waals surface area contributed by atoms with Gasteiger partial charge in [0.2, 0.25) is 0 Å². The van der Waals surface area contributed by atoms with Crippen molar-refractivity contribution in [3.8, 4) is 0 Å². The molecular formula is C16H21NO2. The third-order valence-corrected chi connectivity index (χ3v) is 5.77. The maximum absolute atomic E-state index is 12.7. The predicted molar refractivity (Wildman–Crippen MR) is 72.6 cm³/mol. The molecule has 4 aliphatic rings. The molecule has 0 spiro atoms. The first-order valence-corrected chi connectivity index (χ1v) is 7.58. The van der Waals surface area contributed by atoms with Gasteiger partial charge in [0.15, 0.2) is 0 Å². The van der Waals surface area contributed by atoms with Gasteiger partial charge in [-0.1, -0.05) is 12.2 Å². The van der Waals surface area contributed by atoms with Gasteiger partial charge in [0.25, 0.3) is 0 Å². The van der Waals surface area contributed by atoms with Crippen molar-refractivity contribution < 1.29 is 9.90 Å². The number of hydrogen-bond acceptors (Lipinski definition) is 3. The maximum atomic E-state index is 12.7. The summed E-state index contributed by atoms with van der Waals surface area (Å²) in [5, 5.41) is 13.9. The molecule has 3 aliphatic carbocycles. The van der Waals surface area contributed by atoms with E-state index in [2.05, 4.69) is 17.5 Å². The maximum Gasteiger partial charge on any atom is 0.143 e. The fraction of sp³-hybridized carbons (Fsp3) is 0.688. The van der Waals surface area contributed by atoms with Gasteiger partial charge in [0.05, 0.1) is 11.5 Å². The van der Waals surface area contributed by atoms with E-state index in [1.807, 2.05) is 0 Å². The molecule has 3 heteroatoms. The Labute approximate surface area is 113 Å². The smallest absolute Gasteiger partial charge is 0.143 e. The molecule has 0 aromatic rings. The van der Waals surface area contributed by atoms with Gasteiger partial charge in [-0.15, -0.1) is 0 Å². The van der Waals surface area contributed by atoms with Crippen molar-refractivity contribution in [1.29, 1.82) is 0 Å². The summed E-state index contributed by atoms with van der Waals surface area (Å²) in [7, 11) is 0. The molecule has 1 aliphatic heterocycles. The molecule has 1 heterocycles. The first-order chi connectivity index (χ1) is 9.23. The van der Waals surface area contributed by atoms with E-state index in [0.717, 1.165) is 44.2 Å². The summed E-state index contributed by atoms with van der Waals surface area (Å²) in [6.07, 6.45) is 9.32. The third-order valence-electron chi connectivity index (χ3n) is 5.77. The molecule has 0 amide bonds. The van der Waals surface area contributed by atoms with Crippen LogP contribution in [0.15, 0.2) is 23.3 Å². The highest BCUT2D eigenvalue weighted by atomic mass is 16.3. The number of aliphatic hydroxyl groups excluding tert-OH is 1. The third kappa shape index (κ3) is 1.43. The summed E-state index contributed by atoms with van der Waals surface area (Å²) in [5.74, 6) is 0.886. The van der Waals surface area contributed by atoms with Crippen LogP contribution in [0.2, 0.25) is 0 Å². The summed E-state index contributed by atoms with van der Waals surface area (Å²) < 4.78 is 0. The first kappa shape index (κ1) is 11.9. The molecular weight excluding hydrogens is 238 g/mol. The SMILES string of the molecule is O=C1CCC[C@H]2[C@H]3CC4=C(C=CCC4O)[C@@]12CCN3. The molecule has 0 aromatic carbocycles. The average molecular weight is 259 g/mol. The van der Waals surface area contributed by atoms with Gasteiger partial charge in [-0.3, -0.25) is 4.79 Å². The minimum Gasteiger partial charge on any atom is -0.388 e. The quantitative estimate of drug-likeness (QED) is 0.696. The zero-order valence-electron chi connectivity index (χ0n) is 11.2. The monoisotopic (exact) mass is 259 g/mol. The molecule has 2 fully saturated rings. The van der Waals surface area contributed by atoms with Crippen molar-refractivity contribution in [2.24, 2.45) is 11.3 Å². The standard InChI is InChI=1S/C16H21NO2/c18-14-5-1-3-11-10(14)9-13-12-4-2-6-15(19)16(11,12)7-8-17-13/h1,3,12-14,17-18H,2,4-9H2/t12-,13+,14?,16+/m0/s1. The van der Waals surface area contributed by atoms with E-state index in [1.165, 1.54) is 5.57 Å². The molecule has 4 atom stereocenters. The van der Waals surface area contributed by atoms with E-state index in [9.17, 15) is 9.90 Å². The fourth-order valence-corrected chi connectivity index (χ4v) is 4.99. The van der Waals surface area contributed by atoms with Crippen LogP contribution in [0.5, 0.6) is 0 Å². The van der Waals surface area contributed by atoms with Gasteiger partial charge in [-0.05, 0) is 55.7 Å². The Morgan fingerprint density at radius 3 is 3.21 bits per heavy atom. The van der Waals surface area contributed by atoms with Crippen molar-refractivity contribution in [2.75, 3.05) is 6.54 Å². The Balaban J connectivity index is 1.92. The highest BCUT2D eigenvalue weighted by molar-refractivity contribution is 5.91. The second-order valence-corrected chi connectivity index (χ2v) is 6.50. The van der Waals surface area contributed by atoms with Crippen molar-refractivity contribution in [3.05, 3.63) is 23.3 Å². The lowest BCUT2D eigenvalue weighted by atomic mass is 9.51. The van der Waals surface area contributed by atoms with Crippen molar-refractivity contribution in [1.82, 2.24) is 5.32 Å². The minimum atomic E-state index is -0.366. The molecule has 2 bridgehead atoms. The van der Waals surface area contributed by atoms with Crippen LogP contribution in [0.1, 0.15) is 38.5 Å². The Morgan fingerprint density at radius 2 is 2.32 bits per heavy atom. The molecule has 1 saturated carbocycles. The van der Waals surface area contributed by atoms with Gasteiger partial charge in [-0.25, -0.2) is 0 Å². The number of aliphatic hydroxyl groups is 1. The Bertz CT molecular complexity index is 493. The van der Waals surface area contributed by atoms with Crippen LogP contribution >= 0.6 is 0 Å². The van der Waals surface area contributed by atoms with Crippen LogP contribution in [0.4, 0.5) is 0 Å². The fourth-order valence-electron chi connectivity index (χ4n) is 4.99. The van der Waals surface area contributed by atoms with Gasteiger partial charge in [-0.2, -0.15) is 0 Å². The van der Waals surface area contributed by atoms with Crippen LogP contribution in [0.25, 0.3) is 0 Å². The van der Waals surface area contributed by atoms with Gasteiger partial charge in [0.1, 0.15) is 5.78 Å². The van der Waals surface area contributed by atoms with Crippen LogP contribution in [-0.4, -0.2) is 29.6 Å². The van der Waals surface area contributed by atoms with Crippen molar-refractivity contribution in [3.63, 3.8) is 0 Å². The Kier molecular flexibility index (Phi) is 2.52. The first-order valence-electron chi connectivity index (χ1n) is 7.58. The number of allylic oxidation sites excluding steroid dienone is 2. The number of carbonyl (C=O) groups excluding carboxylic acids is 1. The topological polar surface area (TPSA) is 49.3 Å². The van der Waals surface area contributed by atoms with E-state index in [4.69, 9.17) is 0 Å². The Hall–Kier alpha value is -0.930. The number of hydrogen-bond donors (Lipinski definition) is 2. The largest absolute Gasteiger partial charge is 0.388 e. The van der Waals surface area contributed by atoms with Crippen LogP contribution in [0.3, 0.4) is 0 Å². The number of nitrogens with one attached hydrogen (secondary N) is 1. The van der Waals surface area contributed by atoms with Gasteiger partial charge in [0, 0.05) is 12.5 Å². The van der Waals surface area contributed by atoms with Crippen molar-refractivity contribution in [2.45, 2.75) is 50.7 Å². The predicted octanol–water partition coefficient (Wildman–Crippen LogP) is 1.72. The van der Waals surface area contributed by atoms with E-state index in [1.54, 1.807) is 0 Å².